The number of carbonyl (C=O) groups excluding carboxylic acids is 1. The number of hydrogen-bond acceptors (Lipinski definition) is 4. The molecular weight excluding hydrogens is 446 g/mol. The Bertz CT molecular complexity index is 1160. The van der Waals surface area contributed by atoms with E-state index in [-0.39, 0.29) is 12.3 Å². The highest BCUT2D eigenvalue weighted by Gasteiger charge is 2.33. The number of carbonyl (C=O) groups is 1. The van der Waals surface area contributed by atoms with E-state index in [4.69, 9.17) is 16.3 Å². The summed E-state index contributed by atoms with van der Waals surface area (Å²) in [6, 6.07) is 23.4. The fraction of sp³-hybridized carbons (Fsp3) is 0.214. The Labute approximate surface area is 205 Å². The van der Waals surface area contributed by atoms with E-state index in [0.717, 1.165) is 35.5 Å². The summed E-state index contributed by atoms with van der Waals surface area (Å²) in [5.74, 6) is -0.191. The largest absolute Gasteiger partial charge is 0.385 e. The van der Waals surface area contributed by atoms with Gasteiger partial charge in [0, 0.05) is 54.8 Å². The lowest BCUT2D eigenvalue weighted by atomic mass is 9.90. The number of pyridine rings is 1. The van der Waals surface area contributed by atoms with Gasteiger partial charge < -0.3 is 15.4 Å². The molecule has 4 rings (SSSR count). The molecule has 0 saturated carbocycles. The van der Waals surface area contributed by atoms with E-state index < -0.39 is 5.06 Å². The molecule has 0 radical (unpaired) electrons. The number of rotatable bonds is 9. The highest BCUT2D eigenvalue weighted by molar-refractivity contribution is 6.26. The summed E-state index contributed by atoms with van der Waals surface area (Å²) in [6.45, 7) is 3.12. The summed E-state index contributed by atoms with van der Waals surface area (Å²) in [7, 11) is 0. The second-order valence-electron chi connectivity index (χ2n) is 8.02. The normalized spacial score (nSPS) is 17.5. The molecule has 5 nitrogen and oxygen atoms in total. The van der Waals surface area contributed by atoms with Crippen LogP contribution < -0.4 is 10.6 Å². The van der Waals surface area contributed by atoms with Crippen LogP contribution in [0.15, 0.2) is 96.7 Å². The molecule has 0 aliphatic heterocycles. The molecule has 1 atom stereocenters. The minimum Gasteiger partial charge on any atom is -0.385 e. The molecule has 1 aromatic heterocycles. The summed E-state index contributed by atoms with van der Waals surface area (Å²) >= 11 is 6.65. The molecule has 0 saturated heterocycles. The quantitative estimate of drug-likeness (QED) is 0.371. The lowest BCUT2D eigenvalue weighted by Crippen LogP contribution is -2.30. The van der Waals surface area contributed by atoms with Gasteiger partial charge in [0.05, 0.1) is 0 Å². The third-order valence-electron chi connectivity index (χ3n) is 5.56. The van der Waals surface area contributed by atoms with Crippen molar-refractivity contribution < 1.29 is 9.53 Å². The average Bonchev–Trinajstić information content (AvgIpc) is 2.86. The van der Waals surface area contributed by atoms with E-state index in [1.165, 1.54) is 0 Å². The van der Waals surface area contributed by atoms with E-state index in [0.29, 0.717) is 17.9 Å². The third kappa shape index (κ3) is 6.13. The van der Waals surface area contributed by atoms with Crippen LogP contribution in [0, 0.1) is 0 Å². The summed E-state index contributed by atoms with van der Waals surface area (Å²) in [5.41, 5.74) is 5.15. The van der Waals surface area contributed by atoms with Gasteiger partial charge in [-0.05, 0) is 60.5 Å². The number of alkyl halides is 1. The topological polar surface area (TPSA) is 63.2 Å². The van der Waals surface area contributed by atoms with Crippen LogP contribution in [0.2, 0.25) is 0 Å². The Kier molecular flexibility index (Phi) is 7.78. The van der Waals surface area contributed by atoms with Crippen LogP contribution in [0.3, 0.4) is 0 Å². The fourth-order valence-corrected chi connectivity index (χ4v) is 4.20. The van der Waals surface area contributed by atoms with Gasteiger partial charge in [-0.2, -0.15) is 0 Å². The molecule has 1 unspecified atom stereocenters. The minimum atomic E-state index is -1.03. The van der Waals surface area contributed by atoms with E-state index in [1.54, 1.807) is 6.20 Å². The van der Waals surface area contributed by atoms with Crippen molar-refractivity contribution in [1.29, 1.82) is 0 Å². The van der Waals surface area contributed by atoms with Crippen LogP contribution in [-0.4, -0.2) is 29.1 Å². The number of aromatic nitrogens is 1. The average molecular weight is 474 g/mol. The van der Waals surface area contributed by atoms with Crippen LogP contribution >= 0.6 is 11.6 Å². The predicted molar refractivity (Wildman–Crippen MR) is 139 cm³/mol. The fourth-order valence-electron chi connectivity index (χ4n) is 3.89. The van der Waals surface area contributed by atoms with Crippen molar-refractivity contribution in [2.75, 3.05) is 23.8 Å². The van der Waals surface area contributed by atoms with Crippen molar-refractivity contribution >= 4 is 34.5 Å². The van der Waals surface area contributed by atoms with Gasteiger partial charge in [-0.1, -0.05) is 54.1 Å². The van der Waals surface area contributed by atoms with Gasteiger partial charge in [0.1, 0.15) is 0 Å². The Hall–Kier alpha value is -3.41. The molecule has 0 bridgehead atoms. The summed E-state index contributed by atoms with van der Waals surface area (Å²) in [6.07, 6.45) is 6.62. The van der Waals surface area contributed by atoms with Gasteiger partial charge in [-0.3, -0.25) is 9.78 Å². The highest BCUT2D eigenvalue weighted by Crippen LogP contribution is 2.38. The second kappa shape index (κ2) is 11.1. The van der Waals surface area contributed by atoms with Gasteiger partial charge >= 0.3 is 0 Å². The van der Waals surface area contributed by atoms with Gasteiger partial charge in [0.15, 0.2) is 5.06 Å². The number of amides is 1. The second-order valence-corrected chi connectivity index (χ2v) is 8.66. The van der Waals surface area contributed by atoms with Gasteiger partial charge in [0.2, 0.25) is 0 Å². The molecule has 3 aromatic rings. The van der Waals surface area contributed by atoms with Crippen LogP contribution in [0.4, 0.5) is 11.4 Å². The molecule has 34 heavy (non-hydrogen) atoms. The number of anilines is 2. The number of nitrogens with one attached hydrogen (secondary N) is 2. The van der Waals surface area contributed by atoms with Crippen LogP contribution in [0.25, 0.3) is 5.57 Å². The molecule has 0 fully saturated rings. The van der Waals surface area contributed by atoms with Gasteiger partial charge in [-0.25, -0.2) is 0 Å². The maximum atomic E-state index is 13.3. The van der Waals surface area contributed by atoms with E-state index in [9.17, 15) is 4.79 Å². The number of hydrogen-bond donors (Lipinski definition) is 2. The summed E-state index contributed by atoms with van der Waals surface area (Å²) in [5, 5.41) is 5.38. The van der Waals surface area contributed by atoms with E-state index in [1.807, 2.05) is 91.9 Å². The monoisotopic (exact) mass is 473 g/mol. The molecule has 174 valence electrons. The molecule has 1 aliphatic rings. The zero-order chi connectivity index (χ0) is 23.8. The van der Waals surface area contributed by atoms with Crippen molar-refractivity contribution in [2.24, 2.45) is 0 Å². The maximum Gasteiger partial charge on any atom is 0.252 e. The number of halogens is 1. The Balaban J connectivity index is 1.45. The molecular formula is C28H28ClN3O2. The lowest BCUT2D eigenvalue weighted by molar-refractivity contribution is -0.113. The summed E-state index contributed by atoms with van der Waals surface area (Å²) < 4.78 is 5.72. The zero-order valence-corrected chi connectivity index (χ0v) is 19.9. The summed E-state index contributed by atoms with van der Waals surface area (Å²) in [4.78, 5) is 17.7. The molecule has 1 heterocycles. The number of benzene rings is 2. The Morgan fingerprint density at radius 1 is 1.03 bits per heavy atom. The predicted octanol–water partition coefficient (Wildman–Crippen LogP) is 6.06. The molecule has 2 aromatic carbocycles. The minimum absolute atomic E-state index is 0.191. The first-order chi connectivity index (χ1) is 16.6. The SMILES string of the molecule is CCOC1(Cl)C=CC(c2ccccc2)=C(C(=O)Nc2ccc(NCCc3ccccn3)cc2)C1. The van der Waals surface area contributed by atoms with Crippen LogP contribution in [0.1, 0.15) is 24.6 Å². The standard InChI is InChI=1S/C28H28ClN3O2/c1-2-34-28(29)17-15-25(21-8-4-3-5-9-21)26(20-28)27(33)32-24-13-11-23(12-14-24)31-19-16-22-10-6-7-18-30-22/h3-15,17-18,31H,2,16,19-20H2,1H3,(H,32,33). The first-order valence-corrected chi connectivity index (χ1v) is 11.8. The van der Waals surface area contributed by atoms with E-state index in [2.05, 4.69) is 15.6 Å². The van der Waals surface area contributed by atoms with Gasteiger partial charge in [0.25, 0.3) is 5.91 Å². The highest BCUT2D eigenvalue weighted by atomic mass is 35.5. The molecule has 2 N–H and O–H groups in total. The maximum absolute atomic E-state index is 13.3. The van der Waals surface area contributed by atoms with E-state index >= 15 is 0 Å². The van der Waals surface area contributed by atoms with Crippen molar-refractivity contribution in [1.82, 2.24) is 4.98 Å². The lowest BCUT2D eigenvalue weighted by Gasteiger charge is -2.29. The van der Waals surface area contributed by atoms with Crippen LogP contribution in [-0.2, 0) is 16.0 Å². The van der Waals surface area contributed by atoms with Crippen molar-refractivity contribution in [2.45, 2.75) is 24.8 Å². The number of allylic oxidation sites excluding steroid dienone is 2. The Morgan fingerprint density at radius 2 is 1.76 bits per heavy atom. The molecule has 1 amide bonds. The first-order valence-electron chi connectivity index (χ1n) is 11.4. The zero-order valence-electron chi connectivity index (χ0n) is 19.1. The molecule has 0 spiro atoms. The van der Waals surface area contributed by atoms with Crippen LogP contribution in [0.5, 0.6) is 0 Å². The van der Waals surface area contributed by atoms with Crippen molar-refractivity contribution in [3.63, 3.8) is 0 Å². The molecule has 1 aliphatic carbocycles. The van der Waals surface area contributed by atoms with Crippen molar-refractivity contribution in [3.05, 3.63) is 108 Å². The molecule has 6 heteroatoms. The third-order valence-corrected chi connectivity index (χ3v) is 5.93. The number of nitrogens with zero attached hydrogens (tertiary/aromatic N) is 1. The smallest absolute Gasteiger partial charge is 0.252 e. The first kappa shape index (κ1) is 23.7. The number of ether oxygens (including phenoxy) is 1. The Morgan fingerprint density at radius 3 is 2.47 bits per heavy atom. The van der Waals surface area contributed by atoms with Gasteiger partial charge in [-0.15, -0.1) is 0 Å². The van der Waals surface area contributed by atoms with Crippen molar-refractivity contribution in [3.8, 4) is 0 Å².